The van der Waals surface area contributed by atoms with Crippen LogP contribution in [0.3, 0.4) is 0 Å². The minimum Gasteiger partial charge on any atom is -0.490 e. The highest BCUT2D eigenvalue weighted by atomic mass is 19.1. The number of fused-ring (bicyclic) bond motifs is 1. The molecule has 25 heavy (non-hydrogen) atoms. The Morgan fingerprint density at radius 3 is 2.68 bits per heavy atom. The van der Waals surface area contributed by atoms with E-state index in [1.54, 1.807) is 12.1 Å². The Hall–Kier alpha value is -1.94. The molecule has 1 aromatic heterocycles. The van der Waals surface area contributed by atoms with Gasteiger partial charge < -0.3 is 9.64 Å². The maximum absolute atomic E-state index is 13.0. The van der Waals surface area contributed by atoms with Crippen molar-refractivity contribution in [2.75, 3.05) is 19.6 Å². The van der Waals surface area contributed by atoms with Crippen LogP contribution in [-0.2, 0) is 6.42 Å². The van der Waals surface area contributed by atoms with Gasteiger partial charge in [0.25, 0.3) is 0 Å². The van der Waals surface area contributed by atoms with E-state index in [-0.39, 0.29) is 11.9 Å². The molecule has 1 fully saturated rings. The molecule has 1 aromatic carbocycles. The van der Waals surface area contributed by atoms with E-state index in [0.29, 0.717) is 5.92 Å². The van der Waals surface area contributed by atoms with Crippen LogP contribution in [0.4, 0.5) is 4.39 Å². The van der Waals surface area contributed by atoms with Crippen molar-refractivity contribution in [3.63, 3.8) is 0 Å². The van der Waals surface area contributed by atoms with Gasteiger partial charge in [-0.25, -0.2) is 4.39 Å². The van der Waals surface area contributed by atoms with Crippen LogP contribution >= 0.6 is 0 Å². The maximum atomic E-state index is 13.0. The van der Waals surface area contributed by atoms with Gasteiger partial charge in [0, 0.05) is 25.5 Å². The van der Waals surface area contributed by atoms with E-state index in [1.807, 2.05) is 12.4 Å². The molecule has 1 unspecified atom stereocenters. The first-order chi connectivity index (χ1) is 12.3. The van der Waals surface area contributed by atoms with E-state index in [2.05, 4.69) is 16.0 Å². The average Bonchev–Trinajstić information content (AvgIpc) is 3.06. The van der Waals surface area contributed by atoms with Crippen molar-refractivity contribution in [1.29, 1.82) is 0 Å². The number of benzene rings is 1. The van der Waals surface area contributed by atoms with Gasteiger partial charge in [0.1, 0.15) is 17.7 Å². The van der Waals surface area contributed by atoms with Crippen molar-refractivity contribution in [1.82, 2.24) is 9.88 Å². The molecule has 0 N–H and O–H groups in total. The van der Waals surface area contributed by atoms with E-state index in [0.717, 1.165) is 38.2 Å². The van der Waals surface area contributed by atoms with Gasteiger partial charge in [-0.1, -0.05) is 0 Å². The van der Waals surface area contributed by atoms with Crippen molar-refractivity contribution < 1.29 is 9.13 Å². The minimum atomic E-state index is -0.216. The number of pyridine rings is 1. The second-order valence-corrected chi connectivity index (χ2v) is 7.21. The van der Waals surface area contributed by atoms with Crippen molar-refractivity contribution in [2.24, 2.45) is 0 Å². The highest BCUT2D eigenvalue weighted by Crippen LogP contribution is 2.35. The molecule has 0 radical (unpaired) electrons. The van der Waals surface area contributed by atoms with Gasteiger partial charge >= 0.3 is 0 Å². The lowest BCUT2D eigenvalue weighted by atomic mass is 9.98. The van der Waals surface area contributed by atoms with Crippen molar-refractivity contribution >= 4 is 0 Å². The summed E-state index contributed by atoms with van der Waals surface area (Å²) in [6.45, 7) is 3.33. The van der Waals surface area contributed by atoms with Crippen LogP contribution in [0.25, 0.3) is 0 Å². The molecule has 1 aliphatic carbocycles. The number of aromatic nitrogens is 1. The van der Waals surface area contributed by atoms with Gasteiger partial charge in [0.15, 0.2) is 0 Å². The minimum absolute atomic E-state index is 0.216. The highest BCUT2D eigenvalue weighted by Gasteiger charge is 2.25. The average molecular weight is 340 g/mol. The van der Waals surface area contributed by atoms with Gasteiger partial charge in [-0.2, -0.15) is 0 Å². The van der Waals surface area contributed by atoms with E-state index in [1.165, 1.54) is 42.5 Å². The topological polar surface area (TPSA) is 25.4 Å². The summed E-state index contributed by atoms with van der Waals surface area (Å²) >= 11 is 0. The Bertz CT molecular complexity index is 695. The van der Waals surface area contributed by atoms with Crippen molar-refractivity contribution in [3.8, 4) is 5.75 Å². The number of aryl methyl sites for hydroxylation is 1. The Balaban J connectivity index is 1.22. The first-order valence-electron chi connectivity index (χ1n) is 9.35. The zero-order chi connectivity index (χ0) is 17.1. The Labute approximate surface area is 148 Å². The van der Waals surface area contributed by atoms with Gasteiger partial charge in [0.2, 0.25) is 0 Å². The number of likely N-dealkylation sites (tertiary alicyclic amines) is 1. The molecule has 0 amide bonds. The van der Waals surface area contributed by atoms with Gasteiger partial charge in [0.05, 0.1) is 0 Å². The fourth-order valence-corrected chi connectivity index (χ4v) is 4.12. The van der Waals surface area contributed by atoms with Crippen LogP contribution in [0.15, 0.2) is 42.7 Å². The SMILES string of the molecule is Fc1ccc(OC2CCN(CCC3CCc4cnccc43)CC2)cc1. The predicted molar refractivity (Wildman–Crippen MR) is 96.4 cm³/mol. The fourth-order valence-electron chi connectivity index (χ4n) is 4.12. The molecule has 132 valence electrons. The predicted octanol–water partition coefficient (Wildman–Crippen LogP) is 4.18. The normalized spacial score (nSPS) is 21.2. The van der Waals surface area contributed by atoms with E-state index >= 15 is 0 Å². The molecule has 1 atom stereocenters. The number of hydrogen-bond acceptors (Lipinski definition) is 3. The number of ether oxygens (including phenoxy) is 1. The number of hydrogen-bond donors (Lipinski definition) is 0. The Kier molecular flexibility index (Phi) is 4.97. The van der Waals surface area contributed by atoms with Gasteiger partial charge in [-0.05, 0) is 86.0 Å². The highest BCUT2D eigenvalue weighted by molar-refractivity contribution is 5.32. The zero-order valence-electron chi connectivity index (χ0n) is 14.5. The van der Waals surface area contributed by atoms with Crippen LogP contribution in [0.5, 0.6) is 5.75 Å². The number of nitrogens with zero attached hydrogens (tertiary/aromatic N) is 2. The second kappa shape index (κ2) is 7.52. The first kappa shape index (κ1) is 16.5. The molecule has 3 nitrogen and oxygen atoms in total. The Morgan fingerprint density at radius 2 is 1.88 bits per heavy atom. The summed E-state index contributed by atoms with van der Waals surface area (Å²) in [5.74, 6) is 1.26. The Morgan fingerprint density at radius 1 is 1.08 bits per heavy atom. The van der Waals surface area contributed by atoms with E-state index < -0.39 is 0 Å². The molecule has 0 spiro atoms. The lowest BCUT2D eigenvalue weighted by molar-refractivity contribution is 0.0987. The molecular formula is C21H25FN2O. The molecule has 4 heteroatoms. The maximum Gasteiger partial charge on any atom is 0.123 e. The molecule has 1 aliphatic heterocycles. The van der Waals surface area contributed by atoms with Crippen molar-refractivity contribution in [3.05, 3.63) is 59.7 Å². The lowest BCUT2D eigenvalue weighted by Crippen LogP contribution is -2.39. The lowest BCUT2D eigenvalue weighted by Gasteiger charge is -2.32. The van der Waals surface area contributed by atoms with E-state index in [9.17, 15) is 4.39 Å². The smallest absolute Gasteiger partial charge is 0.123 e. The van der Waals surface area contributed by atoms with Crippen molar-refractivity contribution in [2.45, 2.75) is 44.1 Å². The summed E-state index contributed by atoms with van der Waals surface area (Å²) in [6.07, 6.45) is 9.99. The van der Waals surface area contributed by atoms with E-state index in [4.69, 9.17) is 4.74 Å². The second-order valence-electron chi connectivity index (χ2n) is 7.21. The van der Waals surface area contributed by atoms with Crippen LogP contribution in [0.1, 0.15) is 42.7 Å². The molecule has 2 aliphatic rings. The van der Waals surface area contributed by atoms with Crippen LogP contribution < -0.4 is 4.74 Å². The monoisotopic (exact) mass is 340 g/mol. The molecule has 2 heterocycles. The number of piperidine rings is 1. The summed E-state index contributed by atoms with van der Waals surface area (Å²) < 4.78 is 18.9. The summed E-state index contributed by atoms with van der Waals surface area (Å²) in [5, 5.41) is 0. The third-order valence-corrected chi connectivity index (χ3v) is 5.59. The quantitative estimate of drug-likeness (QED) is 0.816. The van der Waals surface area contributed by atoms with Crippen LogP contribution in [-0.4, -0.2) is 35.6 Å². The summed E-state index contributed by atoms with van der Waals surface area (Å²) in [6, 6.07) is 8.55. The third kappa shape index (κ3) is 4.01. The standard InChI is InChI=1S/C21H25FN2O/c22-18-3-5-19(6-4-18)25-20-9-13-24(14-10-20)12-8-16-1-2-17-15-23-11-7-21(16)17/h3-7,11,15-16,20H,1-2,8-10,12-14H2. The molecule has 0 bridgehead atoms. The molecule has 0 saturated carbocycles. The molecule has 2 aromatic rings. The largest absolute Gasteiger partial charge is 0.490 e. The van der Waals surface area contributed by atoms with Crippen LogP contribution in [0, 0.1) is 5.82 Å². The number of rotatable bonds is 5. The summed E-state index contributed by atoms with van der Waals surface area (Å²) in [4.78, 5) is 6.80. The molecular weight excluding hydrogens is 315 g/mol. The van der Waals surface area contributed by atoms with Gasteiger partial charge in [-0.15, -0.1) is 0 Å². The third-order valence-electron chi connectivity index (χ3n) is 5.59. The fraction of sp³-hybridized carbons (Fsp3) is 0.476. The first-order valence-corrected chi connectivity index (χ1v) is 9.35. The molecule has 4 rings (SSSR count). The van der Waals surface area contributed by atoms with Crippen LogP contribution in [0.2, 0.25) is 0 Å². The number of halogens is 1. The summed E-state index contributed by atoms with van der Waals surface area (Å²) in [5.41, 5.74) is 2.96. The van der Waals surface area contributed by atoms with Gasteiger partial charge in [-0.3, -0.25) is 4.98 Å². The zero-order valence-corrected chi connectivity index (χ0v) is 14.5. The molecule has 1 saturated heterocycles. The summed E-state index contributed by atoms with van der Waals surface area (Å²) in [7, 11) is 0.